The van der Waals surface area contributed by atoms with Gasteiger partial charge in [0.15, 0.2) is 0 Å². The van der Waals surface area contributed by atoms with Crippen LogP contribution in [0.1, 0.15) is 91.5 Å². The van der Waals surface area contributed by atoms with Crippen molar-refractivity contribution in [2.75, 3.05) is 19.6 Å². The molecule has 0 spiro atoms. The standard InChI is InChI=1S/C66H82N14O7/c67-32-16-13-29-53(60(71)81)75-66(87)59(58(41-19-3-1-4-20-41)42-21-5-2-6-22-42)80-65(86)57(37-45-40-74-52-28-12-9-25-48(45)52)79-63(84)55(31-15-18-34-69)76-62(83)54(30-14-17-33-68)77-64(85)56(36-44-39-73-51-27-11-8-24-47(44)51)78-61(82)49(70)35-43-38-72-50-26-10-7-23-46(43)50/h1-12,19-28,38-40,49,53-59,72-74H,13-18,29-37,67-70H2,(H2,71,81)(H,75,87)(H,76,83)(H,77,85)(H,78,82)(H,79,84)(H,80,86)/t49-,53-,54-,55-,56-,57-,59?/m0/s1. The van der Waals surface area contributed by atoms with Crippen LogP contribution >= 0.6 is 0 Å². The Morgan fingerprint density at radius 3 is 1.11 bits per heavy atom. The average molecular weight is 1180 g/mol. The van der Waals surface area contributed by atoms with Gasteiger partial charge in [0.1, 0.15) is 36.3 Å². The zero-order chi connectivity index (χ0) is 61.7. The number of primary amides is 1. The first-order chi connectivity index (χ1) is 42.3. The summed E-state index contributed by atoms with van der Waals surface area (Å²) in [6.45, 7) is 0.964. The number of rotatable bonds is 34. The van der Waals surface area contributed by atoms with Crippen molar-refractivity contribution in [3.63, 3.8) is 0 Å². The molecule has 3 aromatic heterocycles. The van der Waals surface area contributed by atoms with Crippen molar-refractivity contribution in [1.29, 1.82) is 0 Å². The zero-order valence-electron chi connectivity index (χ0n) is 48.9. The summed E-state index contributed by atoms with van der Waals surface area (Å²) in [5.74, 6) is -5.67. The highest BCUT2D eigenvalue weighted by atomic mass is 16.2. The summed E-state index contributed by atoms with van der Waals surface area (Å²) in [6, 6.07) is 32.4. The van der Waals surface area contributed by atoms with Crippen LogP contribution in [0.4, 0.5) is 0 Å². The van der Waals surface area contributed by atoms with Gasteiger partial charge in [0, 0.05) is 70.1 Å². The third-order valence-electron chi connectivity index (χ3n) is 15.9. The van der Waals surface area contributed by atoms with E-state index in [1.807, 2.05) is 140 Å². The van der Waals surface area contributed by atoms with Crippen molar-refractivity contribution >= 4 is 74.1 Å². The van der Waals surface area contributed by atoms with Gasteiger partial charge in [-0.2, -0.15) is 0 Å². The Morgan fingerprint density at radius 1 is 0.368 bits per heavy atom. The highest BCUT2D eigenvalue weighted by molar-refractivity contribution is 5.99. The molecule has 0 fully saturated rings. The highest BCUT2D eigenvalue weighted by Gasteiger charge is 2.38. The minimum Gasteiger partial charge on any atom is -0.368 e. The number of aromatic nitrogens is 3. The minimum absolute atomic E-state index is 0.0308. The lowest BCUT2D eigenvalue weighted by Gasteiger charge is -2.31. The van der Waals surface area contributed by atoms with Gasteiger partial charge in [-0.1, -0.05) is 115 Å². The van der Waals surface area contributed by atoms with Gasteiger partial charge in [0.05, 0.1) is 6.04 Å². The second kappa shape index (κ2) is 31.8. The Hall–Kier alpha value is -9.15. The van der Waals surface area contributed by atoms with Crippen LogP contribution in [0, 0.1) is 0 Å². The van der Waals surface area contributed by atoms with Crippen molar-refractivity contribution < 1.29 is 33.6 Å². The number of H-pyrrole nitrogens is 3. The smallest absolute Gasteiger partial charge is 0.244 e. The van der Waals surface area contributed by atoms with E-state index in [9.17, 15) is 24.0 Å². The fourth-order valence-electron chi connectivity index (χ4n) is 11.2. The van der Waals surface area contributed by atoms with E-state index < -0.39 is 89.6 Å². The van der Waals surface area contributed by atoms with Gasteiger partial charge in [-0.3, -0.25) is 33.6 Å². The molecule has 0 aliphatic heterocycles. The Labute approximate surface area is 505 Å². The van der Waals surface area contributed by atoms with Crippen molar-refractivity contribution in [2.45, 2.75) is 125 Å². The van der Waals surface area contributed by atoms with Crippen LogP contribution < -0.4 is 60.6 Å². The van der Waals surface area contributed by atoms with E-state index in [2.05, 4.69) is 46.9 Å². The summed E-state index contributed by atoms with van der Waals surface area (Å²) in [5, 5.41) is 20.1. The van der Waals surface area contributed by atoms with Crippen molar-refractivity contribution in [3.05, 3.63) is 180 Å². The summed E-state index contributed by atoms with van der Waals surface area (Å²) >= 11 is 0. The van der Waals surface area contributed by atoms with Crippen LogP contribution in [0.2, 0.25) is 0 Å². The Morgan fingerprint density at radius 2 is 0.701 bits per heavy atom. The molecule has 0 aliphatic carbocycles. The van der Waals surface area contributed by atoms with Crippen LogP contribution in [0.3, 0.4) is 0 Å². The number of unbranched alkanes of at least 4 members (excludes halogenated alkanes) is 3. The zero-order valence-corrected chi connectivity index (χ0v) is 48.9. The fourth-order valence-corrected chi connectivity index (χ4v) is 11.2. The number of carbonyl (C=O) groups is 7. The fraction of sp³-hybridized carbons (Fsp3) is 0.348. The molecule has 0 saturated carbocycles. The molecule has 87 heavy (non-hydrogen) atoms. The van der Waals surface area contributed by atoms with Crippen LogP contribution in [0.25, 0.3) is 32.7 Å². The van der Waals surface area contributed by atoms with E-state index in [0.29, 0.717) is 68.3 Å². The second-order valence-corrected chi connectivity index (χ2v) is 22.1. The highest BCUT2D eigenvalue weighted by Crippen LogP contribution is 2.30. The van der Waals surface area contributed by atoms with E-state index >= 15 is 9.59 Å². The summed E-state index contributed by atoms with van der Waals surface area (Å²) in [5.41, 5.74) is 36.2. The number of fused-ring (bicyclic) bond motifs is 3. The summed E-state index contributed by atoms with van der Waals surface area (Å²) in [6.07, 6.45) is 8.74. The Kier molecular flexibility index (Phi) is 23.4. The summed E-state index contributed by atoms with van der Waals surface area (Å²) < 4.78 is 0. The molecule has 0 saturated heterocycles. The van der Waals surface area contributed by atoms with Crippen LogP contribution in [0.15, 0.2) is 152 Å². The maximum atomic E-state index is 15.4. The van der Waals surface area contributed by atoms with E-state index in [1.54, 1.807) is 12.4 Å². The predicted molar refractivity (Wildman–Crippen MR) is 338 cm³/mol. The monoisotopic (exact) mass is 1180 g/mol. The maximum absolute atomic E-state index is 15.4. The average Bonchev–Trinajstić information content (AvgIpc) is 4.29. The number of amides is 7. The van der Waals surface area contributed by atoms with Crippen molar-refractivity contribution in [3.8, 4) is 0 Å². The number of nitrogens with one attached hydrogen (secondary N) is 9. The first-order valence-electron chi connectivity index (χ1n) is 30.0. The normalized spacial score (nSPS) is 13.9. The first-order valence-corrected chi connectivity index (χ1v) is 30.0. The molecule has 3 heterocycles. The molecule has 21 nitrogen and oxygen atoms in total. The SMILES string of the molecule is NCCCC[C@H](NC(=O)C(NC(=O)[C@H](Cc1c[nH]c2ccccc12)NC(=O)[C@H](CCCCN)NC(=O)[C@H](CCCCN)NC(=O)[C@H](Cc1c[nH]c2ccccc12)NC(=O)[C@@H](N)Cc1c[nH]c2ccccc12)C(c1ccccc1)c1ccccc1)C(N)=O. The van der Waals surface area contributed by atoms with Crippen LogP contribution in [-0.4, -0.2) is 118 Å². The molecule has 0 aliphatic rings. The first kappa shape index (κ1) is 63.9. The number of hydrogen-bond acceptors (Lipinski definition) is 11. The van der Waals surface area contributed by atoms with E-state index in [4.69, 9.17) is 28.7 Å². The molecule has 21 heteroatoms. The molecular weight excluding hydrogens is 1100 g/mol. The molecule has 0 radical (unpaired) electrons. The lowest BCUT2D eigenvalue weighted by molar-refractivity contribution is -0.135. The molecule has 7 atom stereocenters. The molecule has 0 bridgehead atoms. The molecule has 5 aromatic carbocycles. The summed E-state index contributed by atoms with van der Waals surface area (Å²) in [7, 11) is 0. The molecule has 1 unspecified atom stereocenters. The number of carbonyl (C=O) groups excluding carboxylic acids is 7. The van der Waals surface area contributed by atoms with E-state index in [1.165, 1.54) is 0 Å². The number of benzene rings is 5. The topological polar surface area (TPSA) is 369 Å². The van der Waals surface area contributed by atoms with Gasteiger partial charge in [-0.05, 0) is 130 Å². The number of aromatic amines is 3. The van der Waals surface area contributed by atoms with Crippen molar-refractivity contribution in [1.82, 2.24) is 46.9 Å². The van der Waals surface area contributed by atoms with E-state index in [0.717, 1.165) is 43.8 Å². The second-order valence-electron chi connectivity index (χ2n) is 22.1. The Bertz CT molecular complexity index is 3530. The molecule has 19 N–H and O–H groups in total. The maximum Gasteiger partial charge on any atom is 0.244 e. The molecular formula is C66H82N14O7. The van der Waals surface area contributed by atoms with Gasteiger partial charge in [-0.15, -0.1) is 0 Å². The lowest BCUT2D eigenvalue weighted by Crippen LogP contribution is -2.61. The molecule has 458 valence electrons. The third-order valence-corrected chi connectivity index (χ3v) is 15.9. The van der Waals surface area contributed by atoms with Gasteiger partial charge < -0.3 is 75.5 Å². The largest absolute Gasteiger partial charge is 0.368 e. The Balaban J connectivity index is 1.09. The van der Waals surface area contributed by atoms with Gasteiger partial charge in [0.2, 0.25) is 41.4 Å². The summed E-state index contributed by atoms with van der Waals surface area (Å²) in [4.78, 5) is 112. The minimum atomic E-state index is -1.38. The predicted octanol–water partition coefficient (Wildman–Crippen LogP) is 4.10. The van der Waals surface area contributed by atoms with Crippen LogP contribution in [-0.2, 0) is 52.8 Å². The molecule has 7 amide bonds. The number of nitrogens with two attached hydrogens (primary N) is 5. The van der Waals surface area contributed by atoms with Gasteiger partial charge in [0.25, 0.3) is 0 Å². The van der Waals surface area contributed by atoms with Crippen LogP contribution in [0.5, 0.6) is 0 Å². The number of para-hydroxylation sites is 3. The quantitative estimate of drug-likeness (QED) is 0.0255. The third kappa shape index (κ3) is 17.3. The van der Waals surface area contributed by atoms with Gasteiger partial charge >= 0.3 is 0 Å². The lowest BCUT2D eigenvalue weighted by atomic mass is 9.84. The number of hydrogen-bond donors (Lipinski definition) is 14. The van der Waals surface area contributed by atoms with Gasteiger partial charge in [-0.25, -0.2) is 0 Å². The van der Waals surface area contributed by atoms with Crippen molar-refractivity contribution in [2.24, 2.45) is 28.7 Å². The van der Waals surface area contributed by atoms with E-state index in [-0.39, 0.29) is 45.1 Å². The molecule has 8 rings (SSSR count). The molecule has 8 aromatic rings.